The first-order valence-electron chi connectivity index (χ1n) is 10.6. The summed E-state index contributed by atoms with van der Waals surface area (Å²) in [6.07, 6.45) is -1.47. The molecule has 1 fully saturated rings. The summed E-state index contributed by atoms with van der Waals surface area (Å²) in [5, 5.41) is 10.6. The van der Waals surface area contributed by atoms with Crippen molar-refractivity contribution in [3.05, 3.63) is 78.6 Å². The zero-order chi connectivity index (χ0) is 28.0. The molecule has 3 aromatic carbocycles. The van der Waals surface area contributed by atoms with Crippen molar-refractivity contribution in [3.8, 4) is 0 Å². The van der Waals surface area contributed by atoms with E-state index in [9.17, 15) is 30.4 Å². The normalized spacial score (nSPS) is 19.3. The molecule has 0 radical (unpaired) electrons. The highest BCUT2D eigenvalue weighted by Gasteiger charge is 2.45. The molecule has 0 saturated carbocycles. The number of sulfone groups is 1. The molecule has 0 spiro atoms. The molecule has 9 nitrogen and oxygen atoms in total. The number of halogens is 4. The Bertz CT molecular complexity index is 1720. The molecule has 2 atom stereocenters. The number of rotatable bonds is 7. The molecular weight excluding hydrogens is 820 g/mol. The maximum Gasteiger partial charge on any atom is 0.265 e. The Morgan fingerprint density at radius 3 is 1.84 bits per heavy atom. The van der Waals surface area contributed by atoms with Gasteiger partial charge in [0.1, 0.15) is 9.79 Å². The summed E-state index contributed by atoms with van der Waals surface area (Å²) in [5.74, 6) is -1.16. The Morgan fingerprint density at radius 2 is 1.32 bits per heavy atom. The van der Waals surface area contributed by atoms with Gasteiger partial charge in [-0.1, -0.05) is 31.9 Å². The summed E-state index contributed by atoms with van der Waals surface area (Å²) in [6, 6.07) is 13.3. The van der Waals surface area contributed by atoms with Gasteiger partial charge in [-0.15, -0.1) is 0 Å². The number of hydrogen-bond donors (Lipinski definition) is 2. The number of aliphatic hydroxyl groups is 1. The molecule has 1 saturated heterocycles. The second-order valence-electron chi connectivity index (χ2n) is 8.31. The molecule has 1 heterocycles. The summed E-state index contributed by atoms with van der Waals surface area (Å²) in [4.78, 5) is -0.161. The van der Waals surface area contributed by atoms with Crippen molar-refractivity contribution in [2.75, 3.05) is 20.5 Å². The molecule has 1 aliphatic heterocycles. The van der Waals surface area contributed by atoms with E-state index < -0.39 is 53.5 Å². The Morgan fingerprint density at radius 1 is 0.789 bits per heavy atom. The summed E-state index contributed by atoms with van der Waals surface area (Å²) in [5.41, 5.74) is 0.186. The lowest BCUT2D eigenvalue weighted by molar-refractivity contribution is 0.184. The van der Waals surface area contributed by atoms with Crippen LogP contribution in [0.2, 0.25) is 0 Å². The lowest BCUT2D eigenvalue weighted by atomic mass is 10.2. The van der Waals surface area contributed by atoms with E-state index in [1.807, 2.05) is 0 Å². The van der Waals surface area contributed by atoms with Gasteiger partial charge in [-0.3, -0.25) is 9.03 Å². The molecule has 3 aromatic rings. The van der Waals surface area contributed by atoms with Crippen LogP contribution in [-0.2, 0) is 29.9 Å². The number of nitrogens with one attached hydrogen (secondary N) is 1. The Labute approximate surface area is 254 Å². The van der Waals surface area contributed by atoms with Crippen molar-refractivity contribution >= 4 is 105 Å². The Balaban J connectivity index is 1.76. The fourth-order valence-corrected chi connectivity index (χ4v) is 11.5. The predicted octanol–water partition coefficient (Wildman–Crippen LogP) is 4.89. The minimum atomic E-state index is -4.39. The summed E-state index contributed by atoms with van der Waals surface area (Å²) in [7, 11) is -12.1. The van der Waals surface area contributed by atoms with Crippen LogP contribution >= 0.6 is 63.7 Å². The number of anilines is 2. The van der Waals surface area contributed by atoms with Crippen molar-refractivity contribution in [2.45, 2.75) is 21.9 Å². The van der Waals surface area contributed by atoms with Gasteiger partial charge in [-0.2, -0.15) is 0 Å². The maximum absolute atomic E-state index is 13.9. The second-order valence-corrected chi connectivity index (χ2v) is 17.4. The van der Waals surface area contributed by atoms with Crippen LogP contribution in [0.4, 0.5) is 11.4 Å². The fraction of sp³-hybridized carbons (Fsp3) is 0.182. The van der Waals surface area contributed by atoms with Crippen LogP contribution in [0.1, 0.15) is 0 Å². The smallest absolute Gasteiger partial charge is 0.265 e. The van der Waals surface area contributed by atoms with Crippen molar-refractivity contribution in [3.63, 3.8) is 0 Å². The predicted molar refractivity (Wildman–Crippen MR) is 159 cm³/mol. The monoisotopic (exact) mass is 834 g/mol. The average molecular weight is 838 g/mol. The average Bonchev–Trinajstić information content (AvgIpc) is 3.09. The van der Waals surface area contributed by atoms with Crippen LogP contribution in [-0.4, -0.2) is 54.0 Å². The summed E-state index contributed by atoms with van der Waals surface area (Å²) >= 11 is 13.0. The van der Waals surface area contributed by atoms with Gasteiger partial charge in [0.15, 0.2) is 9.84 Å². The Hall–Kier alpha value is -1.01. The second kappa shape index (κ2) is 11.1. The minimum Gasteiger partial charge on any atom is -0.390 e. The third kappa shape index (κ3) is 6.32. The number of hydrogen-bond acceptors (Lipinski definition) is 7. The SMILES string of the molecule is O=S1(=O)C[C@@H](O)[C@@H](N(c2ccc(NS(=O)(=O)c3cc(Br)ccc3Br)cc2)S(=O)(=O)c2cc(Br)ccc2Br)C1. The molecular formula is C22H18Br4N2O7S3. The fourth-order valence-electron chi connectivity index (χ4n) is 3.89. The van der Waals surface area contributed by atoms with E-state index in [-0.39, 0.29) is 25.6 Å². The Kier molecular flexibility index (Phi) is 8.76. The quantitative estimate of drug-likeness (QED) is 0.346. The van der Waals surface area contributed by atoms with E-state index >= 15 is 0 Å². The highest BCUT2D eigenvalue weighted by molar-refractivity contribution is 9.11. The number of sulfonamides is 2. The maximum atomic E-state index is 13.9. The van der Waals surface area contributed by atoms with Gasteiger partial charge in [0.05, 0.1) is 29.3 Å². The molecule has 2 N–H and O–H groups in total. The molecule has 0 aromatic heterocycles. The van der Waals surface area contributed by atoms with Gasteiger partial charge < -0.3 is 5.11 Å². The van der Waals surface area contributed by atoms with E-state index in [1.54, 1.807) is 18.2 Å². The summed E-state index contributed by atoms with van der Waals surface area (Å²) in [6.45, 7) is 0. The van der Waals surface area contributed by atoms with Crippen molar-refractivity contribution in [1.29, 1.82) is 0 Å². The largest absolute Gasteiger partial charge is 0.390 e. The minimum absolute atomic E-state index is 0.0149. The zero-order valence-corrected chi connectivity index (χ0v) is 27.7. The molecule has 0 aliphatic carbocycles. The van der Waals surface area contributed by atoms with Crippen LogP contribution in [0, 0.1) is 0 Å². The van der Waals surface area contributed by atoms with Gasteiger partial charge in [0, 0.05) is 23.6 Å². The highest BCUT2D eigenvalue weighted by atomic mass is 79.9. The van der Waals surface area contributed by atoms with E-state index in [4.69, 9.17) is 0 Å². The zero-order valence-electron chi connectivity index (χ0n) is 18.9. The van der Waals surface area contributed by atoms with Gasteiger partial charge in [0.2, 0.25) is 0 Å². The van der Waals surface area contributed by atoms with Gasteiger partial charge in [-0.25, -0.2) is 25.3 Å². The van der Waals surface area contributed by atoms with Crippen LogP contribution in [0.25, 0.3) is 0 Å². The van der Waals surface area contributed by atoms with E-state index in [0.29, 0.717) is 13.4 Å². The molecule has 16 heteroatoms. The number of aliphatic hydroxyl groups excluding tert-OH is 1. The van der Waals surface area contributed by atoms with Gasteiger partial charge >= 0.3 is 0 Å². The van der Waals surface area contributed by atoms with E-state index in [2.05, 4.69) is 68.4 Å². The lowest BCUT2D eigenvalue weighted by Gasteiger charge is -2.32. The van der Waals surface area contributed by atoms with Crippen molar-refractivity contribution in [1.82, 2.24) is 0 Å². The molecule has 0 unspecified atom stereocenters. The standard InChI is InChI=1S/C22H18Br4N2O7S3/c23-13-1-7-17(25)21(9-13)37(32,33)27-15-3-5-16(6-4-15)28(19-11-36(30,31)12-20(19)29)38(34,35)22-10-14(24)2-8-18(22)26/h1-10,19-20,27,29H,11-12H2/t19-,20+/m0/s1. The molecule has 204 valence electrons. The van der Waals surface area contributed by atoms with Gasteiger partial charge in [0.25, 0.3) is 20.0 Å². The molecule has 0 bridgehead atoms. The lowest BCUT2D eigenvalue weighted by Crippen LogP contribution is -2.47. The van der Waals surface area contributed by atoms with E-state index in [1.165, 1.54) is 42.5 Å². The first-order valence-corrected chi connectivity index (χ1v) is 18.5. The van der Waals surface area contributed by atoms with Crippen molar-refractivity contribution < 1.29 is 30.4 Å². The molecule has 1 aliphatic rings. The third-order valence-electron chi connectivity index (χ3n) is 5.58. The van der Waals surface area contributed by atoms with E-state index in [0.717, 1.165) is 4.31 Å². The van der Waals surface area contributed by atoms with Crippen LogP contribution < -0.4 is 9.03 Å². The molecule has 38 heavy (non-hydrogen) atoms. The number of benzene rings is 3. The third-order valence-corrected chi connectivity index (χ3v) is 13.5. The number of nitrogens with zero attached hydrogens (tertiary/aromatic N) is 1. The topological polar surface area (TPSA) is 138 Å². The summed E-state index contributed by atoms with van der Waals surface area (Å²) < 4.78 is 83.1. The highest BCUT2D eigenvalue weighted by Crippen LogP contribution is 2.36. The molecule has 4 rings (SSSR count). The van der Waals surface area contributed by atoms with Gasteiger partial charge in [-0.05, 0) is 92.5 Å². The first kappa shape index (κ1) is 30.0. The van der Waals surface area contributed by atoms with Crippen molar-refractivity contribution in [2.24, 2.45) is 0 Å². The van der Waals surface area contributed by atoms with Crippen LogP contribution in [0.5, 0.6) is 0 Å². The molecule has 0 amide bonds. The first-order chi connectivity index (χ1) is 17.6. The van der Waals surface area contributed by atoms with Crippen LogP contribution in [0.15, 0.2) is 88.3 Å². The van der Waals surface area contributed by atoms with Crippen LogP contribution in [0.3, 0.4) is 0 Å².